The Morgan fingerprint density at radius 1 is 1.09 bits per heavy atom. The number of halogens is 4. The highest BCUT2D eigenvalue weighted by molar-refractivity contribution is 5.68. The first-order chi connectivity index (χ1) is 16.1. The Balaban J connectivity index is 1.53. The summed E-state index contributed by atoms with van der Waals surface area (Å²) in [5, 5.41) is 19.0. The molecule has 1 unspecified atom stereocenters. The van der Waals surface area contributed by atoms with Gasteiger partial charge in [-0.3, -0.25) is 4.79 Å². The normalized spacial score (nSPS) is 16.3. The number of aliphatic carboxylic acids is 1. The molecule has 2 atom stereocenters. The number of alkyl halides is 3. The van der Waals surface area contributed by atoms with Crippen molar-refractivity contribution >= 4 is 5.97 Å². The Labute approximate surface area is 192 Å². The van der Waals surface area contributed by atoms with Crippen molar-refractivity contribution in [2.75, 3.05) is 0 Å². The molecule has 2 N–H and O–H groups in total. The van der Waals surface area contributed by atoms with Gasteiger partial charge in [0.15, 0.2) is 0 Å². The Bertz CT molecular complexity index is 1190. The maximum atomic E-state index is 14.3. The van der Waals surface area contributed by atoms with Gasteiger partial charge in [0, 0.05) is 5.56 Å². The minimum atomic E-state index is -4.88. The number of carboxylic acid groups (broad SMARTS) is 1. The monoisotopic (exact) mass is 476 g/mol. The van der Waals surface area contributed by atoms with Crippen LogP contribution < -0.4 is 9.47 Å². The molecule has 0 bridgehead atoms. The van der Waals surface area contributed by atoms with E-state index in [-0.39, 0.29) is 11.7 Å². The van der Waals surface area contributed by atoms with Crippen LogP contribution in [0.5, 0.6) is 11.5 Å². The lowest BCUT2D eigenvalue weighted by Crippen LogP contribution is -2.17. The SMILES string of the molecule is O=C(O)C[C@@H](O)c1ccc2c(c1)OC(c1ccc(-c3cc(OC(F)(F)F)ccc3F)cc1)CC2. The van der Waals surface area contributed by atoms with Crippen molar-refractivity contribution in [2.24, 2.45) is 0 Å². The average molecular weight is 476 g/mol. The third-order valence-corrected chi connectivity index (χ3v) is 5.55. The quantitative estimate of drug-likeness (QED) is 0.429. The Kier molecular flexibility index (Phi) is 6.47. The van der Waals surface area contributed by atoms with Crippen molar-refractivity contribution in [3.05, 3.63) is 83.2 Å². The zero-order chi connectivity index (χ0) is 24.5. The molecule has 1 aliphatic rings. The number of hydrogen-bond donors (Lipinski definition) is 2. The minimum Gasteiger partial charge on any atom is -0.485 e. The lowest BCUT2D eigenvalue weighted by atomic mass is 9.94. The van der Waals surface area contributed by atoms with Gasteiger partial charge in [-0.05, 0) is 59.4 Å². The number of benzene rings is 3. The molecule has 5 nitrogen and oxygen atoms in total. The highest BCUT2D eigenvalue weighted by atomic mass is 19.4. The van der Waals surface area contributed by atoms with Crippen LogP contribution in [0, 0.1) is 5.82 Å². The average Bonchev–Trinajstić information content (AvgIpc) is 2.78. The van der Waals surface area contributed by atoms with Crippen LogP contribution in [-0.4, -0.2) is 22.5 Å². The lowest BCUT2D eigenvalue weighted by molar-refractivity contribution is -0.274. The van der Waals surface area contributed by atoms with Gasteiger partial charge in [-0.15, -0.1) is 13.2 Å². The zero-order valence-electron chi connectivity index (χ0n) is 17.7. The summed E-state index contributed by atoms with van der Waals surface area (Å²) >= 11 is 0. The molecule has 1 aliphatic heterocycles. The third-order valence-electron chi connectivity index (χ3n) is 5.55. The number of hydrogen-bond acceptors (Lipinski definition) is 4. The van der Waals surface area contributed by atoms with Crippen molar-refractivity contribution < 1.29 is 42.0 Å². The molecule has 0 aromatic heterocycles. The van der Waals surface area contributed by atoms with E-state index in [9.17, 15) is 27.5 Å². The first kappa shape index (κ1) is 23.6. The highest BCUT2D eigenvalue weighted by Gasteiger charge is 2.31. The van der Waals surface area contributed by atoms with Gasteiger partial charge in [0.1, 0.15) is 23.4 Å². The number of carboxylic acids is 1. The van der Waals surface area contributed by atoms with E-state index >= 15 is 0 Å². The molecule has 178 valence electrons. The van der Waals surface area contributed by atoms with Crippen molar-refractivity contribution in [2.45, 2.75) is 37.8 Å². The van der Waals surface area contributed by atoms with E-state index < -0.39 is 36.4 Å². The fourth-order valence-corrected chi connectivity index (χ4v) is 3.91. The number of ether oxygens (including phenoxy) is 2. The van der Waals surface area contributed by atoms with Gasteiger partial charge in [-0.1, -0.05) is 36.4 Å². The standard InChI is InChI=1S/C25H20F4O5/c26-20-9-8-18(34-25(27,28)29)12-19(20)14-1-3-15(4-2-14)22-10-7-16-5-6-17(11-23(16)33-22)21(30)13-24(31)32/h1-6,8-9,11-12,21-22,30H,7,10,13H2,(H,31,32)/t21-,22?/m1/s1. The molecule has 0 amide bonds. The molecule has 0 fully saturated rings. The number of rotatable bonds is 6. The summed E-state index contributed by atoms with van der Waals surface area (Å²) in [6.07, 6.45) is -5.43. The smallest absolute Gasteiger partial charge is 0.485 e. The van der Waals surface area contributed by atoms with Crippen LogP contribution >= 0.6 is 0 Å². The molecule has 3 aromatic carbocycles. The highest BCUT2D eigenvalue weighted by Crippen LogP contribution is 2.38. The molecule has 1 heterocycles. The summed E-state index contributed by atoms with van der Waals surface area (Å²) in [7, 11) is 0. The zero-order valence-corrected chi connectivity index (χ0v) is 17.7. The van der Waals surface area contributed by atoms with E-state index in [1.807, 2.05) is 0 Å². The van der Waals surface area contributed by atoms with Gasteiger partial charge in [0.25, 0.3) is 0 Å². The van der Waals surface area contributed by atoms with E-state index in [1.165, 1.54) is 0 Å². The van der Waals surface area contributed by atoms with Gasteiger partial charge < -0.3 is 19.7 Å². The van der Waals surface area contributed by atoms with E-state index in [0.29, 0.717) is 29.7 Å². The first-order valence-electron chi connectivity index (χ1n) is 10.4. The van der Waals surface area contributed by atoms with E-state index in [4.69, 9.17) is 9.84 Å². The molecule has 34 heavy (non-hydrogen) atoms. The topological polar surface area (TPSA) is 76.0 Å². The number of aryl methyl sites for hydroxylation is 1. The molecule has 0 spiro atoms. The van der Waals surface area contributed by atoms with Crippen LogP contribution in [0.3, 0.4) is 0 Å². The maximum absolute atomic E-state index is 14.3. The van der Waals surface area contributed by atoms with Crippen molar-refractivity contribution in [3.63, 3.8) is 0 Å². The molecule has 3 aromatic rings. The maximum Gasteiger partial charge on any atom is 0.573 e. The van der Waals surface area contributed by atoms with E-state index in [1.54, 1.807) is 42.5 Å². The van der Waals surface area contributed by atoms with E-state index in [2.05, 4.69) is 4.74 Å². The molecule has 0 saturated carbocycles. The lowest BCUT2D eigenvalue weighted by Gasteiger charge is -2.27. The number of fused-ring (bicyclic) bond motifs is 1. The van der Waals surface area contributed by atoms with Gasteiger partial charge in [0.05, 0.1) is 12.5 Å². The summed E-state index contributed by atoms with van der Waals surface area (Å²) in [6, 6.07) is 14.5. The summed E-state index contributed by atoms with van der Waals surface area (Å²) in [4.78, 5) is 10.9. The van der Waals surface area contributed by atoms with Gasteiger partial charge >= 0.3 is 12.3 Å². The molecule has 0 aliphatic carbocycles. The second-order valence-corrected chi connectivity index (χ2v) is 7.94. The largest absolute Gasteiger partial charge is 0.573 e. The fourth-order valence-electron chi connectivity index (χ4n) is 3.91. The summed E-state index contributed by atoms with van der Waals surface area (Å²) in [6.45, 7) is 0. The second kappa shape index (κ2) is 9.34. The number of aliphatic hydroxyl groups is 1. The van der Waals surface area contributed by atoms with Crippen LogP contribution in [0.1, 0.15) is 41.7 Å². The molecule has 4 rings (SSSR count). The van der Waals surface area contributed by atoms with E-state index in [0.717, 1.165) is 29.3 Å². The molecular formula is C25H20F4O5. The molecule has 0 saturated heterocycles. The summed E-state index contributed by atoms with van der Waals surface area (Å²) in [5.41, 5.74) is 2.51. The Hall–Kier alpha value is -3.59. The van der Waals surface area contributed by atoms with Gasteiger partial charge in [0.2, 0.25) is 0 Å². The predicted molar refractivity (Wildman–Crippen MR) is 114 cm³/mol. The predicted octanol–water partition coefficient (Wildman–Crippen LogP) is 5.97. The van der Waals surface area contributed by atoms with Crippen molar-refractivity contribution in [1.29, 1.82) is 0 Å². The van der Waals surface area contributed by atoms with Gasteiger partial charge in [-0.2, -0.15) is 0 Å². The first-order valence-corrected chi connectivity index (χ1v) is 10.4. The Morgan fingerprint density at radius 3 is 2.50 bits per heavy atom. The number of aliphatic hydroxyl groups excluding tert-OH is 1. The van der Waals surface area contributed by atoms with Crippen molar-refractivity contribution in [3.8, 4) is 22.6 Å². The molecular weight excluding hydrogens is 456 g/mol. The summed E-state index contributed by atoms with van der Waals surface area (Å²) in [5.74, 6) is -1.76. The van der Waals surface area contributed by atoms with Crippen LogP contribution in [0.25, 0.3) is 11.1 Å². The minimum absolute atomic E-state index is 0.0275. The number of carbonyl (C=O) groups is 1. The van der Waals surface area contributed by atoms with Crippen LogP contribution in [-0.2, 0) is 11.2 Å². The molecule has 9 heteroatoms. The van der Waals surface area contributed by atoms with Crippen LogP contribution in [0.2, 0.25) is 0 Å². The van der Waals surface area contributed by atoms with Crippen LogP contribution in [0.15, 0.2) is 60.7 Å². The van der Waals surface area contributed by atoms with Crippen molar-refractivity contribution in [1.82, 2.24) is 0 Å². The molecule has 0 radical (unpaired) electrons. The Morgan fingerprint density at radius 2 is 1.82 bits per heavy atom. The fraction of sp³-hybridized carbons (Fsp3) is 0.240. The second-order valence-electron chi connectivity index (χ2n) is 7.94. The third kappa shape index (κ3) is 5.48. The van der Waals surface area contributed by atoms with Crippen LogP contribution in [0.4, 0.5) is 17.6 Å². The van der Waals surface area contributed by atoms with Gasteiger partial charge in [-0.25, -0.2) is 4.39 Å². The summed E-state index contributed by atoms with van der Waals surface area (Å²) < 4.78 is 61.7.